The lowest BCUT2D eigenvalue weighted by Gasteiger charge is -2.06. The quantitative estimate of drug-likeness (QED) is 0.821. The van der Waals surface area contributed by atoms with Gasteiger partial charge in [-0.2, -0.15) is 0 Å². The number of nitrogens with one attached hydrogen (secondary N) is 1. The smallest absolute Gasteiger partial charge is 0.309 e. The van der Waals surface area contributed by atoms with Gasteiger partial charge in [-0.1, -0.05) is 17.7 Å². The van der Waals surface area contributed by atoms with E-state index in [0.717, 1.165) is 5.69 Å². The second kappa shape index (κ2) is 6.28. The van der Waals surface area contributed by atoms with Crippen molar-refractivity contribution in [2.75, 3.05) is 6.54 Å². The topological polar surface area (TPSA) is 59.8 Å². The molecule has 2 rings (SSSR count). The first-order valence-corrected chi connectivity index (χ1v) is 5.96. The summed E-state index contributed by atoms with van der Waals surface area (Å²) in [7, 11) is 0. The van der Waals surface area contributed by atoms with E-state index in [1.54, 1.807) is 12.4 Å². The van der Waals surface area contributed by atoms with Gasteiger partial charge in [0.25, 0.3) is 0 Å². The van der Waals surface area contributed by atoms with Crippen LogP contribution < -0.4 is 11.0 Å². The molecule has 0 spiro atoms. The van der Waals surface area contributed by atoms with Gasteiger partial charge in [-0.15, -0.1) is 0 Å². The van der Waals surface area contributed by atoms with Gasteiger partial charge >= 0.3 is 5.69 Å². The van der Waals surface area contributed by atoms with Crippen molar-refractivity contribution < 1.29 is 0 Å². The average molecular weight is 265 g/mol. The molecule has 0 amide bonds. The molecule has 5 nitrogen and oxygen atoms in total. The molecular weight excluding hydrogens is 252 g/mol. The molecule has 2 aromatic heterocycles. The van der Waals surface area contributed by atoms with Gasteiger partial charge in [-0.05, 0) is 12.1 Å². The number of nitrogens with zero attached hydrogens (tertiary/aromatic N) is 3. The molecule has 0 saturated carbocycles. The van der Waals surface area contributed by atoms with Gasteiger partial charge in [0.15, 0.2) is 0 Å². The minimum atomic E-state index is -0.293. The molecule has 0 aliphatic carbocycles. The number of hydrogen-bond donors (Lipinski definition) is 1. The number of pyridine rings is 1. The monoisotopic (exact) mass is 264 g/mol. The zero-order chi connectivity index (χ0) is 12.8. The standard InChI is InChI=1S/C12H13ClN4O/c13-10-7-16-12(18)17(9-10)6-5-14-8-11-3-1-2-4-15-11/h1-4,7,9,14H,5-6,8H2. The van der Waals surface area contributed by atoms with Gasteiger partial charge in [0.1, 0.15) is 0 Å². The van der Waals surface area contributed by atoms with Crippen LogP contribution in [0.15, 0.2) is 41.6 Å². The summed E-state index contributed by atoms with van der Waals surface area (Å²) < 4.78 is 1.48. The number of halogens is 1. The molecule has 0 radical (unpaired) electrons. The third kappa shape index (κ3) is 3.65. The van der Waals surface area contributed by atoms with Crippen molar-refractivity contribution >= 4 is 11.6 Å². The van der Waals surface area contributed by atoms with Crippen LogP contribution in [0.2, 0.25) is 5.02 Å². The molecule has 0 fully saturated rings. The van der Waals surface area contributed by atoms with Crippen LogP contribution in [0.3, 0.4) is 0 Å². The van der Waals surface area contributed by atoms with Gasteiger partial charge in [0, 0.05) is 32.0 Å². The van der Waals surface area contributed by atoms with Crippen LogP contribution in [0, 0.1) is 0 Å². The molecule has 94 valence electrons. The zero-order valence-corrected chi connectivity index (χ0v) is 10.5. The highest BCUT2D eigenvalue weighted by molar-refractivity contribution is 6.30. The molecule has 0 saturated heterocycles. The Hall–Kier alpha value is -1.72. The van der Waals surface area contributed by atoms with Crippen molar-refractivity contribution in [2.24, 2.45) is 0 Å². The highest BCUT2D eigenvalue weighted by Crippen LogP contribution is 2.00. The molecule has 0 aliphatic rings. The molecule has 0 atom stereocenters. The van der Waals surface area contributed by atoms with E-state index in [-0.39, 0.29) is 5.69 Å². The Morgan fingerprint density at radius 2 is 2.22 bits per heavy atom. The predicted octanol–water partition coefficient (Wildman–Crippen LogP) is 1.08. The van der Waals surface area contributed by atoms with Crippen LogP contribution >= 0.6 is 11.6 Å². The summed E-state index contributed by atoms with van der Waals surface area (Å²) in [5, 5.41) is 3.66. The highest BCUT2D eigenvalue weighted by atomic mass is 35.5. The second-order valence-electron chi connectivity index (χ2n) is 3.75. The van der Waals surface area contributed by atoms with Gasteiger partial charge in [0.05, 0.1) is 16.9 Å². The molecule has 6 heteroatoms. The molecule has 2 heterocycles. The molecule has 0 aliphatic heterocycles. The molecule has 0 aromatic carbocycles. The lowest BCUT2D eigenvalue weighted by molar-refractivity contribution is 0.572. The van der Waals surface area contributed by atoms with Gasteiger partial charge in [0.2, 0.25) is 0 Å². The lowest BCUT2D eigenvalue weighted by Crippen LogP contribution is -2.28. The number of rotatable bonds is 5. The van der Waals surface area contributed by atoms with Crippen molar-refractivity contribution in [3.05, 3.63) is 58.0 Å². The van der Waals surface area contributed by atoms with E-state index < -0.39 is 0 Å². The van der Waals surface area contributed by atoms with E-state index in [1.807, 2.05) is 18.2 Å². The van der Waals surface area contributed by atoms with Crippen molar-refractivity contribution in [3.63, 3.8) is 0 Å². The van der Waals surface area contributed by atoms with Crippen molar-refractivity contribution in [1.82, 2.24) is 19.9 Å². The summed E-state index contributed by atoms with van der Waals surface area (Å²) in [6.07, 6.45) is 4.68. The number of aromatic nitrogens is 3. The fourth-order valence-electron chi connectivity index (χ4n) is 1.51. The van der Waals surface area contributed by atoms with E-state index in [0.29, 0.717) is 24.7 Å². The van der Waals surface area contributed by atoms with Crippen LogP contribution in [0.1, 0.15) is 5.69 Å². The SMILES string of the molecule is O=c1ncc(Cl)cn1CCNCc1ccccn1. The Balaban J connectivity index is 1.82. The second-order valence-corrected chi connectivity index (χ2v) is 4.18. The summed E-state index contributed by atoms with van der Waals surface area (Å²) in [6, 6.07) is 5.76. The Labute approximate surface area is 109 Å². The molecule has 0 unspecified atom stereocenters. The first-order chi connectivity index (χ1) is 8.75. The van der Waals surface area contributed by atoms with E-state index in [9.17, 15) is 4.79 Å². The summed E-state index contributed by atoms with van der Waals surface area (Å²) in [5.74, 6) is 0. The minimum absolute atomic E-state index is 0.293. The first kappa shape index (κ1) is 12.7. The van der Waals surface area contributed by atoms with Crippen LogP contribution in [0.25, 0.3) is 0 Å². The molecular formula is C12H13ClN4O. The Morgan fingerprint density at radius 1 is 1.33 bits per heavy atom. The van der Waals surface area contributed by atoms with Gasteiger partial charge in [-0.3, -0.25) is 9.55 Å². The maximum absolute atomic E-state index is 11.4. The fraction of sp³-hybridized carbons (Fsp3) is 0.250. The third-order valence-electron chi connectivity index (χ3n) is 2.38. The Kier molecular flexibility index (Phi) is 4.44. The summed E-state index contributed by atoms with van der Waals surface area (Å²) in [6.45, 7) is 1.85. The molecule has 0 bridgehead atoms. The van der Waals surface area contributed by atoms with E-state index in [4.69, 9.17) is 11.6 Å². The van der Waals surface area contributed by atoms with E-state index >= 15 is 0 Å². The van der Waals surface area contributed by atoms with Crippen LogP contribution in [0.5, 0.6) is 0 Å². The first-order valence-electron chi connectivity index (χ1n) is 5.58. The summed E-state index contributed by atoms with van der Waals surface area (Å²) in [5.41, 5.74) is 0.674. The molecule has 1 N–H and O–H groups in total. The minimum Gasteiger partial charge on any atom is -0.309 e. The predicted molar refractivity (Wildman–Crippen MR) is 69.5 cm³/mol. The van der Waals surface area contributed by atoms with Crippen molar-refractivity contribution in [2.45, 2.75) is 13.1 Å². The van der Waals surface area contributed by atoms with E-state index in [2.05, 4.69) is 15.3 Å². The van der Waals surface area contributed by atoms with Crippen LogP contribution in [-0.4, -0.2) is 21.1 Å². The Morgan fingerprint density at radius 3 is 3.00 bits per heavy atom. The van der Waals surface area contributed by atoms with Gasteiger partial charge in [-0.25, -0.2) is 9.78 Å². The van der Waals surface area contributed by atoms with Crippen LogP contribution in [-0.2, 0) is 13.1 Å². The van der Waals surface area contributed by atoms with Crippen molar-refractivity contribution in [1.29, 1.82) is 0 Å². The Bertz CT molecular complexity index is 556. The largest absolute Gasteiger partial charge is 0.347 e. The molecule has 2 aromatic rings. The lowest BCUT2D eigenvalue weighted by atomic mass is 10.3. The maximum Gasteiger partial charge on any atom is 0.347 e. The zero-order valence-electron chi connectivity index (χ0n) is 9.71. The fourth-order valence-corrected chi connectivity index (χ4v) is 1.67. The maximum atomic E-state index is 11.4. The number of hydrogen-bond acceptors (Lipinski definition) is 4. The summed E-state index contributed by atoms with van der Waals surface area (Å²) >= 11 is 5.77. The highest BCUT2D eigenvalue weighted by Gasteiger charge is 1.98. The van der Waals surface area contributed by atoms with E-state index in [1.165, 1.54) is 10.8 Å². The third-order valence-corrected chi connectivity index (χ3v) is 2.58. The molecule has 18 heavy (non-hydrogen) atoms. The van der Waals surface area contributed by atoms with Crippen LogP contribution in [0.4, 0.5) is 0 Å². The van der Waals surface area contributed by atoms with Crippen molar-refractivity contribution in [3.8, 4) is 0 Å². The normalized spacial score (nSPS) is 10.5. The van der Waals surface area contributed by atoms with Gasteiger partial charge < -0.3 is 5.32 Å². The summed E-state index contributed by atoms with van der Waals surface area (Å²) in [4.78, 5) is 19.2. The average Bonchev–Trinajstić information content (AvgIpc) is 2.40.